The number of aromatic nitrogens is 2. The normalized spacial score (nSPS) is 14.8. The Morgan fingerprint density at radius 3 is 2.76 bits per heavy atom. The Hall–Kier alpha value is -3.14. The van der Waals surface area contributed by atoms with Gasteiger partial charge in [-0.05, 0) is 55.5 Å². The standard InChI is InChI=1S/C18H19N5O2/c1-12-8-15(14-3-6-23(7-4-14)18(24)25)10-17(21-12)22-16-9-13(11-19)2-5-20-16/h2,5,8-10,14H,3-4,6-7H2,1H3,(H,24,25)(H,20,21,22). The van der Waals surface area contributed by atoms with Gasteiger partial charge in [0, 0.05) is 25.0 Å². The van der Waals surface area contributed by atoms with E-state index in [1.54, 1.807) is 18.3 Å². The van der Waals surface area contributed by atoms with E-state index in [0.717, 1.165) is 24.1 Å². The Kier molecular flexibility index (Phi) is 4.80. The molecule has 7 nitrogen and oxygen atoms in total. The molecule has 0 radical (unpaired) electrons. The summed E-state index contributed by atoms with van der Waals surface area (Å²) in [6.45, 7) is 3.03. The first-order valence-corrected chi connectivity index (χ1v) is 8.15. The second-order valence-corrected chi connectivity index (χ2v) is 6.14. The Morgan fingerprint density at radius 2 is 2.08 bits per heavy atom. The van der Waals surface area contributed by atoms with Crippen LogP contribution in [0.5, 0.6) is 0 Å². The molecule has 3 rings (SSSR count). The lowest BCUT2D eigenvalue weighted by molar-refractivity contribution is 0.132. The van der Waals surface area contributed by atoms with Crippen molar-refractivity contribution >= 4 is 17.7 Å². The van der Waals surface area contributed by atoms with Crippen molar-refractivity contribution in [3.63, 3.8) is 0 Å². The molecule has 128 valence electrons. The van der Waals surface area contributed by atoms with Crippen LogP contribution < -0.4 is 5.32 Å². The molecule has 1 aliphatic heterocycles. The van der Waals surface area contributed by atoms with Gasteiger partial charge in [-0.25, -0.2) is 14.8 Å². The molecule has 0 spiro atoms. The summed E-state index contributed by atoms with van der Waals surface area (Å²) in [5.74, 6) is 1.57. The van der Waals surface area contributed by atoms with Crippen molar-refractivity contribution in [3.8, 4) is 6.07 Å². The van der Waals surface area contributed by atoms with Crippen molar-refractivity contribution in [2.45, 2.75) is 25.7 Å². The molecule has 0 saturated carbocycles. The van der Waals surface area contributed by atoms with E-state index in [9.17, 15) is 4.79 Å². The summed E-state index contributed by atoms with van der Waals surface area (Å²) in [4.78, 5) is 21.2. The lowest BCUT2D eigenvalue weighted by Crippen LogP contribution is -2.36. The number of amides is 1. The summed E-state index contributed by atoms with van der Waals surface area (Å²) in [5.41, 5.74) is 2.57. The highest BCUT2D eigenvalue weighted by atomic mass is 16.4. The molecule has 0 unspecified atom stereocenters. The molecule has 2 aromatic heterocycles. The van der Waals surface area contributed by atoms with Crippen LogP contribution >= 0.6 is 0 Å². The largest absolute Gasteiger partial charge is 0.465 e. The highest BCUT2D eigenvalue weighted by Crippen LogP contribution is 2.30. The van der Waals surface area contributed by atoms with Gasteiger partial charge in [0.05, 0.1) is 11.6 Å². The number of nitrogens with one attached hydrogen (secondary N) is 1. The number of nitrogens with zero attached hydrogens (tertiary/aromatic N) is 4. The van der Waals surface area contributed by atoms with Gasteiger partial charge in [-0.3, -0.25) is 0 Å². The smallest absolute Gasteiger partial charge is 0.407 e. The molecule has 25 heavy (non-hydrogen) atoms. The minimum absolute atomic E-state index is 0.316. The number of likely N-dealkylation sites (tertiary alicyclic amines) is 1. The number of pyridine rings is 2. The maximum Gasteiger partial charge on any atom is 0.407 e. The number of anilines is 2. The van der Waals surface area contributed by atoms with E-state index in [1.807, 2.05) is 19.1 Å². The van der Waals surface area contributed by atoms with Crippen molar-refractivity contribution in [2.75, 3.05) is 18.4 Å². The summed E-state index contributed by atoms with van der Waals surface area (Å²) in [7, 11) is 0. The van der Waals surface area contributed by atoms with Crippen LogP contribution in [0.3, 0.4) is 0 Å². The highest BCUT2D eigenvalue weighted by Gasteiger charge is 2.23. The van der Waals surface area contributed by atoms with Crippen LogP contribution in [0.15, 0.2) is 30.5 Å². The summed E-state index contributed by atoms with van der Waals surface area (Å²) in [6.07, 6.45) is 2.34. The summed E-state index contributed by atoms with van der Waals surface area (Å²) < 4.78 is 0. The number of rotatable bonds is 3. The monoisotopic (exact) mass is 337 g/mol. The Labute approximate surface area is 145 Å². The van der Waals surface area contributed by atoms with Crippen LogP contribution in [0, 0.1) is 18.3 Å². The minimum Gasteiger partial charge on any atom is -0.465 e. The molecule has 1 saturated heterocycles. The number of nitriles is 1. The molecule has 1 aliphatic rings. The molecule has 1 fully saturated rings. The first-order chi connectivity index (χ1) is 12.0. The van der Waals surface area contributed by atoms with E-state index in [-0.39, 0.29) is 0 Å². The van der Waals surface area contributed by atoms with Gasteiger partial charge in [0.1, 0.15) is 11.6 Å². The van der Waals surface area contributed by atoms with Crippen LogP contribution in [-0.2, 0) is 0 Å². The lowest BCUT2D eigenvalue weighted by Gasteiger charge is -2.30. The Bertz CT molecular complexity index is 822. The zero-order valence-corrected chi connectivity index (χ0v) is 13.9. The van der Waals surface area contributed by atoms with Gasteiger partial charge in [-0.2, -0.15) is 5.26 Å². The van der Waals surface area contributed by atoms with Gasteiger partial charge in [0.15, 0.2) is 0 Å². The van der Waals surface area contributed by atoms with Crippen molar-refractivity contribution in [2.24, 2.45) is 0 Å². The molecule has 1 amide bonds. The third-order valence-corrected chi connectivity index (χ3v) is 4.36. The van der Waals surface area contributed by atoms with Crippen LogP contribution in [0.1, 0.15) is 35.6 Å². The summed E-state index contributed by atoms with van der Waals surface area (Å²) >= 11 is 0. The molecule has 0 bridgehead atoms. The lowest BCUT2D eigenvalue weighted by atomic mass is 9.89. The van der Waals surface area contributed by atoms with Gasteiger partial charge in [-0.15, -0.1) is 0 Å². The molecule has 0 aliphatic carbocycles. The van der Waals surface area contributed by atoms with Crippen LogP contribution in [0.4, 0.5) is 16.4 Å². The van der Waals surface area contributed by atoms with Crippen molar-refractivity contribution in [3.05, 3.63) is 47.3 Å². The molecule has 7 heteroatoms. The number of carboxylic acid groups (broad SMARTS) is 1. The number of hydrogen-bond acceptors (Lipinski definition) is 5. The number of piperidine rings is 1. The molecular weight excluding hydrogens is 318 g/mol. The summed E-state index contributed by atoms with van der Waals surface area (Å²) in [6, 6.07) is 9.44. The fraction of sp³-hybridized carbons (Fsp3) is 0.333. The first kappa shape index (κ1) is 16.7. The zero-order chi connectivity index (χ0) is 17.8. The fourth-order valence-corrected chi connectivity index (χ4v) is 3.10. The van der Waals surface area contributed by atoms with Crippen LogP contribution in [-0.4, -0.2) is 39.2 Å². The van der Waals surface area contributed by atoms with Gasteiger partial charge in [0.2, 0.25) is 0 Å². The van der Waals surface area contributed by atoms with Crippen LogP contribution in [0.25, 0.3) is 0 Å². The molecule has 0 atom stereocenters. The van der Waals surface area contributed by atoms with Crippen LogP contribution in [0.2, 0.25) is 0 Å². The second kappa shape index (κ2) is 7.18. The van der Waals surface area contributed by atoms with E-state index >= 15 is 0 Å². The Morgan fingerprint density at radius 1 is 1.32 bits per heavy atom. The van der Waals surface area contributed by atoms with E-state index in [0.29, 0.717) is 36.2 Å². The maximum atomic E-state index is 11.0. The van der Waals surface area contributed by atoms with E-state index in [2.05, 4.69) is 21.4 Å². The van der Waals surface area contributed by atoms with Crippen molar-refractivity contribution < 1.29 is 9.90 Å². The van der Waals surface area contributed by atoms with Gasteiger partial charge in [-0.1, -0.05) is 0 Å². The predicted octanol–water partition coefficient (Wildman–Crippen LogP) is 3.26. The van der Waals surface area contributed by atoms with E-state index in [1.165, 1.54) is 4.90 Å². The summed E-state index contributed by atoms with van der Waals surface area (Å²) in [5, 5.41) is 21.2. The van der Waals surface area contributed by atoms with Gasteiger partial charge < -0.3 is 15.3 Å². The minimum atomic E-state index is -0.852. The molecular formula is C18H19N5O2. The average Bonchev–Trinajstić information content (AvgIpc) is 2.61. The van der Waals surface area contributed by atoms with Gasteiger partial charge in [0.25, 0.3) is 0 Å². The molecule has 3 heterocycles. The van der Waals surface area contributed by atoms with Crippen molar-refractivity contribution in [1.82, 2.24) is 14.9 Å². The third-order valence-electron chi connectivity index (χ3n) is 4.36. The highest BCUT2D eigenvalue weighted by molar-refractivity contribution is 5.65. The molecule has 0 aromatic carbocycles. The SMILES string of the molecule is Cc1cc(C2CCN(C(=O)O)CC2)cc(Nc2cc(C#N)ccn2)n1. The predicted molar refractivity (Wildman–Crippen MR) is 92.8 cm³/mol. The third kappa shape index (κ3) is 4.04. The zero-order valence-electron chi connectivity index (χ0n) is 13.9. The first-order valence-electron chi connectivity index (χ1n) is 8.15. The second-order valence-electron chi connectivity index (χ2n) is 6.14. The fourth-order valence-electron chi connectivity index (χ4n) is 3.10. The van der Waals surface area contributed by atoms with E-state index < -0.39 is 6.09 Å². The maximum absolute atomic E-state index is 11.0. The molecule has 2 N–H and O–H groups in total. The average molecular weight is 337 g/mol. The van der Waals surface area contributed by atoms with Crippen molar-refractivity contribution in [1.29, 1.82) is 5.26 Å². The number of carbonyl (C=O) groups is 1. The number of hydrogen-bond donors (Lipinski definition) is 2. The Balaban J connectivity index is 1.77. The topological polar surface area (TPSA) is 102 Å². The number of aryl methyl sites for hydroxylation is 1. The quantitative estimate of drug-likeness (QED) is 0.891. The molecule has 2 aromatic rings. The van der Waals surface area contributed by atoms with Gasteiger partial charge >= 0.3 is 6.09 Å². The van der Waals surface area contributed by atoms with E-state index in [4.69, 9.17) is 10.4 Å².